The topological polar surface area (TPSA) is 115 Å². The van der Waals surface area contributed by atoms with Crippen molar-refractivity contribution in [1.82, 2.24) is 20.3 Å². The zero-order valence-corrected chi connectivity index (χ0v) is 15.8. The summed E-state index contributed by atoms with van der Waals surface area (Å²) in [7, 11) is 0. The summed E-state index contributed by atoms with van der Waals surface area (Å²) in [6.45, 7) is 4.23. The summed E-state index contributed by atoms with van der Waals surface area (Å²) in [5.74, 6) is -0.684. The third-order valence-electron chi connectivity index (χ3n) is 4.08. The van der Waals surface area contributed by atoms with Crippen molar-refractivity contribution in [1.29, 1.82) is 0 Å². The highest BCUT2D eigenvalue weighted by Gasteiger charge is 2.19. The van der Waals surface area contributed by atoms with Crippen molar-refractivity contribution in [2.75, 3.05) is 11.1 Å². The summed E-state index contributed by atoms with van der Waals surface area (Å²) in [6.07, 6.45) is 0. The number of nitrogens with two attached hydrogens (primary N) is 1. The van der Waals surface area contributed by atoms with Crippen molar-refractivity contribution in [3.05, 3.63) is 57.4 Å². The number of hydrogen-bond acceptors (Lipinski definition) is 6. The number of thiophene rings is 1. The molecular weight excluding hydrogens is 364 g/mol. The molecule has 3 aromatic rings. The van der Waals surface area contributed by atoms with E-state index in [1.54, 1.807) is 11.3 Å². The number of carbonyl (C=O) groups excluding carboxylic acids is 2. The SMILES string of the molecule is Cc1ccc(NC(=O)Cn2nnc(C(=O)NCc3cccs3)c2N)cc1C. The van der Waals surface area contributed by atoms with Crippen LogP contribution in [0.3, 0.4) is 0 Å². The number of aryl methyl sites for hydroxylation is 2. The van der Waals surface area contributed by atoms with E-state index in [1.807, 2.05) is 49.6 Å². The second-order valence-corrected chi connectivity index (χ2v) is 7.12. The largest absolute Gasteiger partial charge is 0.382 e. The Balaban J connectivity index is 1.61. The van der Waals surface area contributed by atoms with Crippen molar-refractivity contribution in [3.63, 3.8) is 0 Å². The average Bonchev–Trinajstić information content (AvgIpc) is 3.27. The zero-order valence-electron chi connectivity index (χ0n) is 15.0. The molecule has 0 aliphatic carbocycles. The van der Waals surface area contributed by atoms with E-state index in [1.165, 1.54) is 4.68 Å². The zero-order chi connectivity index (χ0) is 19.4. The van der Waals surface area contributed by atoms with E-state index in [9.17, 15) is 9.59 Å². The van der Waals surface area contributed by atoms with Crippen molar-refractivity contribution in [2.45, 2.75) is 26.9 Å². The fourth-order valence-electron chi connectivity index (χ4n) is 2.42. The van der Waals surface area contributed by atoms with Crippen LogP contribution in [0.15, 0.2) is 35.7 Å². The van der Waals surface area contributed by atoms with Gasteiger partial charge in [0.2, 0.25) is 5.91 Å². The molecule has 0 atom stereocenters. The van der Waals surface area contributed by atoms with Gasteiger partial charge in [-0.05, 0) is 48.6 Å². The molecular formula is C18H20N6O2S. The molecule has 1 aromatic carbocycles. The molecule has 0 fully saturated rings. The first-order chi connectivity index (χ1) is 12.9. The van der Waals surface area contributed by atoms with E-state index in [2.05, 4.69) is 20.9 Å². The van der Waals surface area contributed by atoms with Crippen LogP contribution in [0.4, 0.5) is 11.5 Å². The highest BCUT2D eigenvalue weighted by atomic mass is 32.1. The number of carbonyl (C=O) groups is 2. The number of aromatic nitrogens is 3. The van der Waals surface area contributed by atoms with Gasteiger partial charge >= 0.3 is 0 Å². The number of nitrogen functional groups attached to an aromatic ring is 1. The highest BCUT2D eigenvalue weighted by molar-refractivity contribution is 7.09. The Morgan fingerprint density at radius 3 is 2.74 bits per heavy atom. The third-order valence-corrected chi connectivity index (χ3v) is 4.95. The summed E-state index contributed by atoms with van der Waals surface area (Å²) in [5.41, 5.74) is 8.86. The Morgan fingerprint density at radius 1 is 1.22 bits per heavy atom. The van der Waals surface area contributed by atoms with Crippen molar-refractivity contribution in [2.24, 2.45) is 0 Å². The minimum atomic E-state index is -0.429. The van der Waals surface area contributed by atoms with Gasteiger partial charge in [0.1, 0.15) is 6.54 Å². The number of amides is 2. The molecule has 0 aliphatic rings. The predicted molar refractivity (Wildman–Crippen MR) is 104 cm³/mol. The number of rotatable bonds is 6. The molecule has 0 bridgehead atoms. The molecule has 0 spiro atoms. The van der Waals surface area contributed by atoms with Crippen LogP contribution in [0.2, 0.25) is 0 Å². The molecule has 0 saturated heterocycles. The van der Waals surface area contributed by atoms with Crippen LogP contribution >= 0.6 is 11.3 Å². The summed E-state index contributed by atoms with van der Waals surface area (Å²) in [5, 5.41) is 15.1. The Kier molecular flexibility index (Phi) is 5.51. The average molecular weight is 384 g/mol. The van der Waals surface area contributed by atoms with Gasteiger partial charge in [-0.15, -0.1) is 16.4 Å². The van der Waals surface area contributed by atoms with Gasteiger partial charge in [0.05, 0.1) is 6.54 Å². The molecule has 0 unspecified atom stereocenters. The number of benzene rings is 1. The lowest BCUT2D eigenvalue weighted by Crippen LogP contribution is -2.24. The van der Waals surface area contributed by atoms with Crippen LogP contribution < -0.4 is 16.4 Å². The summed E-state index contributed by atoms with van der Waals surface area (Å²) in [6, 6.07) is 9.48. The molecule has 8 nitrogen and oxygen atoms in total. The first-order valence-electron chi connectivity index (χ1n) is 8.30. The van der Waals surface area contributed by atoms with Gasteiger partial charge in [-0.25, -0.2) is 4.68 Å². The Bertz CT molecular complexity index is 964. The Labute approximate surface area is 160 Å². The number of hydrogen-bond donors (Lipinski definition) is 3. The van der Waals surface area contributed by atoms with Crippen LogP contribution in [-0.2, 0) is 17.9 Å². The van der Waals surface area contributed by atoms with Crippen molar-refractivity contribution < 1.29 is 9.59 Å². The summed E-state index contributed by atoms with van der Waals surface area (Å²) < 4.78 is 1.20. The van der Waals surface area contributed by atoms with E-state index >= 15 is 0 Å². The van der Waals surface area contributed by atoms with E-state index in [0.29, 0.717) is 12.2 Å². The molecule has 4 N–H and O–H groups in total. The summed E-state index contributed by atoms with van der Waals surface area (Å²) in [4.78, 5) is 25.5. The lowest BCUT2D eigenvalue weighted by atomic mass is 10.1. The Hall–Kier alpha value is -3.20. The first-order valence-corrected chi connectivity index (χ1v) is 9.18. The standard InChI is InChI=1S/C18H20N6O2S/c1-11-5-6-13(8-12(11)2)21-15(25)10-24-17(19)16(22-23-24)18(26)20-9-14-4-3-7-27-14/h3-8H,9-10,19H2,1-2H3,(H,20,26)(H,21,25). The maximum absolute atomic E-state index is 12.2. The molecule has 27 heavy (non-hydrogen) atoms. The van der Waals surface area contributed by atoms with Crippen molar-refractivity contribution >= 4 is 34.7 Å². The van der Waals surface area contributed by atoms with Crippen LogP contribution in [-0.4, -0.2) is 26.8 Å². The summed E-state index contributed by atoms with van der Waals surface area (Å²) >= 11 is 1.54. The van der Waals surface area contributed by atoms with Gasteiger partial charge < -0.3 is 16.4 Å². The van der Waals surface area contributed by atoms with Gasteiger partial charge in [-0.2, -0.15) is 0 Å². The molecule has 0 aliphatic heterocycles. The minimum Gasteiger partial charge on any atom is -0.382 e. The maximum atomic E-state index is 12.2. The lowest BCUT2D eigenvalue weighted by Gasteiger charge is -2.08. The monoisotopic (exact) mass is 384 g/mol. The second kappa shape index (κ2) is 8.00. The van der Waals surface area contributed by atoms with Crippen LogP contribution in [0, 0.1) is 13.8 Å². The first kappa shape index (κ1) is 18.6. The molecule has 2 amide bonds. The Morgan fingerprint density at radius 2 is 2.04 bits per heavy atom. The smallest absolute Gasteiger partial charge is 0.276 e. The number of nitrogens with zero attached hydrogens (tertiary/aromatic N) is 3. The van der Waals surface area contributed by atoms with Crippen LogP contribution in [0.25, 0.3) is 0 Å². The fourth-order valence-corrected chi connectivity index (χ4v) is 3.06. The van der Waals surface area contributed by atoms with E-state index < -0.39 is 5.91 Å². The fraction of sp³-hybridized carbons (Fsp3) is 0.222. The third kappa shape index (κ3) is 4.50. The van der Waals surface area contributed by atoms with Crippen molar-refractivity contribution in [3.8, 4) is 0 Å². The second-order valence-electron chi connectivity index (χ2n) is 6.09. The molecule has 3 rings (SSSR count). The van der Waals surface area contributed by atoms with Gasteiger partial charge in [0, 0.05) is 10.6 Å². The van der Waals surface area contributed by atoms with E-state index in [0.717, 1.165) is 16.0 Å². The molecule has 2 aromatic heterocycles. The quantitative estimate of drug-likeness (QED) is 0.602. The maximum Gasteiger partial charge on any atom is 0.276 e. The van der Waals surface area contributed by atoms with Gasteiger partial charge in [-0.3, -0.25) is 9.59 Å². The van der Waals surface area contributed by atoms with Gasteiger partial charge in [0.25, 0.3) is 5.91 Å². The number of anilines is 2. The lowest BCUT2D eigenvalue weighted by molar-refractivity contribution is -0.116. The highest BCUT2D eigenvalue weighted by Crippen LogP contribution is 2.15. The minimum absolute atomic E-state index is 0.00513. The molecule has 9 heteroatoms. The van der Waals surface area contributed by atoms with E-state index in [-0.39, 0.29) is 24.0 Å². The normalized spacial score (nSPS) is 10.6. The van der Waals surface area contributed by atoms with E-state index in [4.69, 9.17) is 5.73 Å². The molecule has 2 heterocycles. The van der Waals surface area contributed by atoms with Gasteiger partial charge in [-0.1, -0.05) is 17.3 Å². The number of nitrogens with one attached hydrogen (secondary N) is 2. The molecule has 140 valence electrons. The van der Waals surface area contributed by atoms with Gasteiger partial charge in [0.15, 0.2) is 11.5 Å². The molecule has 0 saturated carbocycles. The van der Waals surface area contributed by atoms with Crippen LogP contribution in [0.1, 0.15) is 26.5 Å². The molecule has 0 radical (unpaired) electrons. The predicted octanol–water partition coefficient (Wildman–Crippen LogP) is 2.11. The van der Waals surface area contributed by atoms with Crippen LogP contribution in [0.5, 0.6) is 0 Å².